The summed E-state index contributed by atoms with van der Waals surface area (Å²) < 4.78 is 0. The molecule has 0 aromatic heterocycles. The minimum absolute atomic E-state index is 0.0102. The molecule has 18 heavy (non-hydrogen) atoms. The van der Waals surface area contributed by atoms with Gasteiger partial charge >= 0.3 is 0 Å². The number of amides is 1. The summed E-state index contributed by atoms with van der Waals surface area (Å²) in [6, 6.07) is 5.46. The number of carbonyl (C=O) groups excluding carboxylic acids is 1. The molecule has 0 bridgehead atoms. The fraction of sp³-hybridized carbons (Fsp3) is 0.462. The molecule has 0 atom stereocenters. The molecule has 0 saturated heterocycles. The summed E-state index contributed by atoms with van der Waals surface area (Å²) in [4.78, 5) is 13.5. The Bertz CT molecular complexity index is 409. The van der Waals surface area contributed by atoms with Crippen molar-refractivity contribution >= 4 is 23.2 Å². The minimum atomic E-state index is 0.0102. The lowest BCUT2D eigenvalue weighted by molar-refractivity contribution is -0.121. The van der Waals surface area contributed by atoms with Gasteiger partial charge in [0.1, 0.15) is 0 Å². The van der Waals surface area contributed by atoms with Gasteiger partial charge in [-0.25, -0.2) is 0 Å². The number of nitrogen functional groups attached to an aromatic ring is 1. The Morgan fingerprint density at radius 2 is 2.22 bits per heavy atom. The third kappa shape index (κ3) is 4.55. The quantitative estimate of drug-likeness (QED) is 0.776. The number of nitrogens with zero attached hydrogens (tertiary/aromatic N) is 1. The molecule has 1 amide bonds. The molecule has 0 fully saturated rings. The first kappa shape index (κ1) is 14.8. The van der Waals surface area contributed by atoms with Crippen LogP contribution in [0.5, 0.6) is 0 Å². The molecule has 1 aromatic rings. The summed E-state index contributed by atoms with van der Waals surface area (Å²) in [7, 11) is 1.64. The largest absolute Gasteiger partial charge is 0.398 e. The zero-order chi connectivity index (χ0) is 13.5. The SMILES string of the molecule is CCCN(CC(=O)NC)Cc1ccc(Cl)cc1N. The number of carbonyl (C=O) groups is 1. The second-order valence-corrected chi connectivity index (χ2v) is 4.66. The van der Waals surface area contributed by atoms with Gasteiger partial charge in [0.2, 0.25) is 5.91 Å². The molecule has 4 nitrogen and oxygen atoms in total. The predicted molar refractivity (Wildman–Crippen MR) is 75.5 cm³/mol. The Morgan fingerprint density at radius 3 is 2.78 bits per heavy atom. The van der Waals surface area contributed by atoms with E-state index in [-0.39, 0.29) is 5.91 Å². The van der Waals surface area contributed by atoms with Crippen LogP contribution in [0, 0.1) is 0 Å². The Balaban J connectivity index is 2.72. The van der Waals surface area contributed by atoms with Gasteiger partial charge in [-0.15, -0.1) is 0 Å². The number of rotatable bonds is 6. The van der Waals surface area contributed by atoms with E-state index in [1.165, 1.54) is 0 Å². The van der Waals surface area contributed by atoms with Crippen LogP contribution in [0.15, 0.2) is 18.2 Å². The molecular formula is C13H20ClN3O. The van der Waals surface area contributed by atoms with E-state index < -0.39 is 0 Å². The molecule has 5 heteroatoms. The molecule has 0 spiro atoms. The van der Waals surface area contributed by atoms with Crippen molar-refractivity contribution in [3.05, 3.63) is 28.8 Å². The van der Waals surface area contributed by atoms with Gasteiger partial charge in [0, 0.05) is 24.3 Å². The summed E-state index contributed by atoms with van der Waals surface area (Å²) in [5, 5.41) is 3.26. The molecular weight excluding hydrogens is 250 g/mol. The van der Waals surface area contributed by atoms with Gasteiger partial charge < -0.3 is 11.1 Å². The Kier molecular flexibility index (Phi) is 5.95. The first-order valence-corrected chi connectivity index (χ1v) is 6.41. The van der Waals surface area contributed by atoms with Crippen LogP contribution in [0.4, 0.5) is 5.69 Å². The molecule has 0 unspecified atom stereocenters. The number of benzene rings is 1. The minimum Gasteiger partial charge on any atom is -0.398 e. The van der Waals surface area contributed by atoms with Crippen molar-refractivity contribution in [2.75, 3.05) is 25.9 Å². The highest BCUT2D eigenvalue weighted by atomic mass is 35.5. The van der Waals surface area contributed by atoms with Crippen molar-refractivity contribution in [1.82, 2.24) is 10.2 Å². The second kappa shape index (κ2) is 7.24. The Labute approximate surface area is 113 Å². The van der Waals surface area contributed by atoms with E-state index in [4.69, 9.17) is 17.3 Å². The van der Waals surface area contributed by atoms with Crippen molar-refractivity contribution in [2.24, 2.45) is 0 Å². The van der Waals surface area contributed by atoms with Crippen LogP contribution in [0.25, 0.3) is 0 Å². The number of likely N-dealkylation sites (N-methyl/N-ethyl adjacent to an activating group) is 1. The summed E-state index contributed by atoms with van der Waals surface area (Å²) >= 11 is 5.86. The number of nitrogens with one attached hydrogen (secondary N) is 1. The van der Waals surface area contributed by atoms with Crippen LogP contribution in [0.1, 0.15) is 18.9 Å². The van der Waals surface area contributed by atoms with Crippen molar-refractivity contribution in [3.63, 3.8) is 0 Å². The van der Waals surface area contributed by atoms with E-state index in [0.717, 1.165) is 18.5 Å². The van der Waals surface area contributed by atoms with Gasteiger partial charge in [-0.1, -0.05) is 24.6 Å². The zero-order valence-electron chi connectivity index (χ0n) is 10.9. The van der Waals surface area contributed by atoms with Gasteiger partial charge in [-0.2, -0.15) is 0 Å². The normalized spacial score (nSPS) is 10.7. The molecule has 3 N–H and O–H groups in total. The number of hydrogen-bond acceptors (Lipinski definition) is 3. The zero-order valence-corrected chi connectivity index (χ0v) is 11.6. The molecule has 1 aromatic carbocycles. The molecule has 0 aliphatic heterocycles. The number of nitrogens with two attached hydrogens (primary N) is 1. The molecule has 0 saturated carbocycles. The summed E-state index contributed by atoms with van der Waals surface area (Å²) in [5.74, 6) is 0.0102. The lowest BCUT2D eigenvalue weighted by Gasteiger charge is -2.21. The maximum absolute atomic E-state index is 11.4. The summed E-state index contributed by atoms with van der Waals surface area (Å²) in [5.41, 5.74) is 7.58. The van der Waals surface area contributed by atoms with Gasteiger partial charge in [0.25, 0.3) is 0 Å². The van der Waals surface area contributed by atoms with Gasteiger partial charge in [-0.05, 0) is 30.7 Å². The van der Waals surface area contributed by atoms with Gasteiger partial charge in [0.15, 0.2) is 0 Å². The predicted octanol–water partition coefficient (Wildman–Crippen LogP) is 1.88. The van der Waals surface area contributed by atoms with Crippen molar-refractivity contribution in [2.45, 2.75) is 19.9 Å². The highest BCUT2D eigenvalue weighted by Gasteiger charge is 2.11. The third-order valence-corrected chi connectivity index (χ3v) is 2.92. The monoisotopic (exact) mass is 269 g/mol. The molecule has 0 heterocycles. The summed E-state index contributed by atoms with van der Waals surface area (Å²) in [6.45, 7) is 3.98. The van der Waals surface area contributed by atoms with E-state index in [1.807, 2.05) is 12.1 Å². The van der Waals surface area contributed by atoms with Crippen LogP contribution >= 0.6 is 11.6 Å². The van der Waals surface area contributed by atoms with E-state index in [1.54, 1.807) is 13.1 Å². The van der Waals surface area contributed by atoms with E-state index in [9.17, 15) is 4.79 Å². The Morgan fingerprint density at radius 1 is 1.50 bits per heavy atom. The number of halogens is 1. The lowest BCUT2D eigenvalue weighted by Crippen LogP contribution is -2.35. The second-order valence-electron chi connectivity index (χ2n) is 4.23. The van der Waals surface area contributed by atoms with Gasteiger partial charge in [-0.3, -0.25) is 9.69 Å². The van der Waals surface area contributed by atoms with Crippen LogP contribution in [-0.4, -0.2) is 30.9 Å². The highest BCUT2D eigenvalue weighted by Crippen LogP contribution is 2.19. The van der Waals surface area contributed by atoms with Crippen LogP contribution in [0.3, 0.4) is 0 Å². The average Bonchev–Trinajstić information content (AvgIpc) is 2.32. The van der Waals surface area contributed by atoms with Crippen LogP contribution in [-0.2, 0) is 11.3 Å². The molecule has 1 rings (SSSR count). The van der Waals surface area contributed by atoms with Crippen molar-refractivity contribution < 1.29 is 4.79 Å². The molecule has 0 radical (unpaired) electrons. The van der Waals surface area contributed by atoms with Crippen LogP contribution < -0.4 is 11.1 Å². The Hall–Kier alpha value is -1.26. The molecule has 0 aliphatic carbocycles. The topological polar surface area (TPSA) is 58.4 Å². The van der Waals surface area contributed by atoms with E-state index in [0.29, 0.717) is 23.8 Å². The number of hydrogen-bond donors (Lipinski definition) is 2. The van der Waals surface area contributed by atoms with E-state index in [2.05, 4.69) is 17.1 Å². The molecule has 0 aliphatic rings. The first-order valence-electron chi connectivity index (χ1n) is 6.03. The lowest BCUT2D eigenvalue weighted by atomic mass is 10.1. The maximum Gasteiger partial charge on any atom is 0.233 e. The van der Waals surface area contributed by atoms with Crippen LogP contribution in [0.2, 0.25) is 5.02 Å². The fourth-order valence-electron chi connectivity index (χ4n) is 1.76. The molecule has 100 valence electrons. The third-order valence-electron chi connectivity index (χ3n) is 2.69. The maximum atomic E-state index is 11.4. The van der Waals surface area contributed by atoms with Gasteiger partial charge in [0.05, 0.1) is 6.54 Å². The van der Waals surface area contributed by atoms with Crippen molar-refractivity contribution in [3.8, 4) is 0 Å². The van der Waals surface area contributed by atoms with Crippen molar-refractivity contribution in [1.29, 1.82) is 0 Å². The fourth-order valence-corrected chi connectivity index (χ4v) is 1.94. The highest BCUT2D eigenvalue weighted by molar-refractivity contribution is 6.30. The smallest absolute Gasteiger partial charge is 0.233 e. The van der Waals surface area contributed by atoms with E-state index >= 15 is 0 Å². The number of anilines is 1. The average molecular weight is 270 g/mol. The first-order chi connectivity index (χ1) is 8.56. The standard InChI is InChI=1S/C13H20ClN3O/c1-3-6-17(9-13(18)16-2)8-10-4-5-11(14)7-12(10)15/h4-5,7H,3,6,8-9,15H2,1-2H3,(H,16,18). The summed E-state index contributed by atoms with van der Waals surface area (Å²) in [6.07, 6.45) is 0.991.